The Morgan fingerprint density at radius 3 is 2.18 bits per heavy atom. The quantitative estimate of drug-likeness (QED) is 0.583. The van der Waals surface area contributed by atoms with Crippen molar-refractivity contribution in [1.82, 2.24) is 9.97 Å². The number of halogens is 2. The minimum Gasteiger partial charge on any atom is -0.435 e. The van der Waals surface area contributed by atoms with Gasteiger partial charge in [-0.2, -0.15) is 8.78 Å². The maximum Gasteiger partial charge on any atom is 0.387 e. The molecule has 3 aromatic rings. The molecular weight excluding hydrogens is 384 g/mol. The number of benzene rings is 2. The SMILES string of the molecule is Cc1cc(C)nc(Sc2ccc(NC(=O)c3ccc(OC(F)F)cc3)cc2)n1. The zero-order valence-electron chi connectivity index (χ0n) is 15.1. The Bertz CT molecular complexity index is 944. The molecule has 1 heterocycles. The van der Waals surface area contributed by atoms with Crippen LogP contribution < -0.4 is 10.1 Å². The standard InChI is InChI=1S/C20H17F2N3O2S/c1-12-11-13(2)24-20(23-12)28-17-9-5-15(6-10-17)25-18(26)14-3-7-16(8-4-14)27-19(21)22/h3-11,19H,1-2H3,(H,25,26). The molecule has 1 aromatic heterocycles. The van der Waals surface area contributed by atoms with Gasteiger partial charge in [0, 0.05) is 27.5 Å². The summed E-state index contributed by atoms with van der Waals surface area (Å²) in [7, 11) is 0. The number of nitrogens with one attached hydrogen (secondary N) is 1. The van der Waals surface area contributed by atoms with E-state index < -0.39 is 6.61 Å². The van der Waals surface area contributed by atoms with Gasteiger partial charge in [0.05, 0.1) is 0 Å². The number of nitrogens with zero attached hydrogens (tertiary/aromatic N) is 2. The number of amides is 1. The first-order chi connectivity index (χ1) is 13.4. The number of alkyl halides is 2. The molecule has 5 nitrogen and oxygen atoms in total. The largest absolute Gasteiger partial charge is 0.435 e. The third-order valence-electron chi connectivity index (χ3n) is 3.62. The summed E-state index contributed by atoms with van der Waals surface area (Å²) in [5.41, 5.74) is 2.76. The molecule has 0 spiro atoms. The van der Waals surface area contributed by atoms with Gasteiger partial charge in [-0.05, 0) is 80.2 Å². The Morgan fingerprint density at radius 2 is 1.61 bits per heavy atom. The van der Waals surface area contributed by atoms with E-state index in [0.29, 0.717) is 16.4 Å². The highest BCUT2D eigenvalue weighted by Crippen LogP contribution is 2.26. The number of anilines is 1. The monoisotopic (exact) mass is 401 g/mol. The van der Waals surface area contributed by atoms with E-state index in [2.05, 4.69) is 20.0 Å². The van der Waals surface area contributed by atoms with Crippen molar-refractivity contribution in [3.8, 4) is 5.75 Å². The summed E-state index contributed by atoms with van der Waals surface area (Å²) < 4.78 is 28.6. The van der Waals surface area contributed by atoms with Gasteiger partial charge in [0.1, 0.15) is 5.75 Å². The van der Waals surface area contributed by atoms with Crippen LogP contribution in [0.1, 0.15) is 21.7 Å². The highest BCUT2D eigenvalue weighted by Gasteiger charge is 2.09. The van der Waals surface area contributed by atoms with Crippen molar-refractivity contribution in [3.63, 3.8) is 0 Å². The molecule has 0 fully saturated rings. The smallest absolute Gasteiger partial charge is 0.387 e. The first-order valence-corrected chi connectivity index (χ1v) is 9.17. The van der Waals surface area contributed by atoms with E-state index in [-0.39, 0.29) is 11.7 Å². The van der Waals surface area contributed by atoms with E-state index in [1.54, 1.807) is 12.1 Å². The Morgan fingerprint density at radius 1 is 1.00 bits per heavy atom. The Labute approximate surface area is 165 Å². The van der Waals surface area contributed by atoms with Gasteiger partial charge in [-0.25, -0.2) is 9.97 Å². The maximum absolute atomic E-state index is 12.3. The van der Waals surface area contributed by atoms with Gasteiger partial charge in [-0.1, -0.05) is 0 Å². The van der Waals surface area contributed by atoms with Crippen LogP contribution in [-0.4, -0.2) is 22.5 Å². The third-order valence-corrected chi connectivity index (χ3v) is 4.50. The van der Waals surface area contributed by atoms with E-state index in [4.69, 9.17) is 0 Å². The van der Waals surface area contributed by atoms with Gasteiger partial charge >= 0.3 is 6.61 Å². The molecule has 28 heavy (non-hydrogen) atoms. The summed E-state index contributed by atoms with van der Waals surface area (Å²) in [6.45, 7) is 0.942. The number of rotatable bonds is 6. The zero-order chi connectivity index (χ0) is 20.1. The second-order valence-corrected chi connectivity index (χ2v) is 6.96. The van der Waals surface area contributed by atoms with Gasteiger partial charge < -0.3 is 10.1 Å². The molecule has 0 radical (unpaired) electrons. The van der Waals surface area contributed by atoms with E-state index in [0.717, 1.165) is 16.3 Å². The maximum atomic E-state index is 12.3. The van der Waals surface area contributed by atoms with Gasteiger partial charge in [-0.3, -0.25) is 4.79 Å². The van der Waals surface area contributed by atoms with Crippen LogP contribution >= 0.6 is 11.8 Å². The van der Waals surface area contributed by atoms with Gasteiger partial charge in [-0.15, -0.1) is 0 Å². The Hall–Kier alpha value is -3.00. The summed E-state index contributed by atoms with van der Waals surface area (Å²) in [6, 6.07) is 14.7. The van der Waals surface area contributed by atoms with Crippen molar-refractivity contribution in [1.29, 1.82) is 0 Å². The average Bonchev–Trinajstić information content (AvgIpc) is 2.62. The molecule has 144 valence electrons. The van der Waals surface area contributed by atoms with Crippen molar-refractivity contribution in [2.75, 3.05) is 5.32 Å². The number of hydrogen-bond donors (Lipinski definition) is 1. The lowest BCUT2D eigenvalue weighted by Gasteiger charge is -2.08. The van der Waals surface area contributed by atoms with Gasteiger partial charge in [0.2, 0.25) is 0 Å². The fourth-order valence-corrected chi connectivity index (χ4v) is 3.30. The Balaban J connectivity index is 1.62. The van der Waals surface area contributed by atoms with E-state index in [1.165, 1.54) is 36.0 Å². The van der Waals surface area contributed by atoms with Gasteiger partial charge in [0.15, 0.2) is 5.16 Å². The normalized spacial score (nSPS) is 10.8. The summed E-state index contributed by atoms with van der Waals surface area (Å²) in [5, 5.41) is 3.43. The number of ether oxygens (including phenoxy) is 1. The van der Waals surface area contributed by atoms with Crippen LogP contribution in [0.3, 0.4) is 0 Å². The molecule has 3 rings (SSSR count). The zero-order valence-corrected chi connectivity index (χ0v) is 16.0. The number of hydrogen-bond acceptors (Lipinski definition) is 5. The van der Waals surface area contributed by atoms with Crippen LogP contribution in [0.2, 0.25) is 0 Å². The first kappa shape index (κ1) is 19.8. The molecule has 0 atom stereocenters. The number of aromatic nitrogens is 2. The van der Waals surface area contributed by atoms with Crippen molar-refractivity contribution in [2.45, 2.75) is 30.5 Å². The fraction of sp³-hybridized carbons (Fsp3) is 0.150. The molecular formula is C20H17F2N3O2S. The van der Waals surface area contributed by atoms with Crippen molar-refractivity contribution >= 4 is 23.4 Å². The number of carbonyl (C=O) groups excluding carboxylic acids is 1. The molecule has 0 saturated carbocycles. The minimum absolute atomic E-state index is 0.00142. The number of aryl methyl sites for hydroxylation is 2. The van der Waals surface area contributed by atoms with Crippen LogP contribution in [-0.2, 0) is 0 Å². The van der Waals surface area contributed by atoms with Crippen molar-refractivity contribution in [2.24, 2.45) is 0 Å². The second-order valence-electron chi connectivity index (χ2n) is 5.92. The molecule has 1 amide bonds. The van der Waals surface area contributed by atoms with Crippen LogP contribution in [0.5, 0.6) is 5.75 Å². The summed E-state index contributed by atoms with van der Waals surface area (Å²) in [6.07, 6.45) is 0. The molecule has 0 aliphatic carbocycles. The predicted octanol–water partition coefficient (Wildman–Crippen LogP) is 5.10. The van der Waals surface area contributed by atoms with Crippen molar-refractivity contribution in [3.05, 3.63) is 71.5 Å². The van der Waals surface area contributed by atoms with E-state index in [1.807, 2.05) is 32.0 Å². The summed E-state index contributed by atoms with van der Waals surface area (Å²) >= 11 is 1.44. The Kier molecular flexibility index (Phi) is 6.20. The summed E-state index contributed by atoms with van der Waals surface area (Å²) in [4.78, 5) is 22.0. The van der Waals surface area contributed by atoms with E-state index in [9.17, 15) is 13.6 Å². The third kappa shape index (κ3) is 5.50. The van der Waals surface area contributed by atoms with E-state index >= 15 is 0 Å². The van der Waals surface area contributed by atoms with Gasteiger partial charge in [0.25, 0.3) is 5.91 Å². The van der Waals surface area contributed by atoms with Crippen molar-refractivity contribution < 1.29 is 18.3 Å². The number of carbonyl (C=O) groups is 1. The van der Waals surface area contributed by atoms with Crippen LogP contribution in [0.15, 0.2) is 64.6 Å². The molecule has 8 heteroatoms. The summed E-state index contributed by atoms with van der Waals surface area (Å²) in [5.74, 6) is -0.344. The lowest BCUT2D eigenvalue weighted by Crippen LogP contribution is -2.11. The fourth-order valence-electron chi connectivity index (χ4n) is 2.44. The predicted molar refractivity (Wildman–Crippen MR) is 103 cm³/mol. The molecule has 0 aliphatic rings. The lowest BCUT2D eigenvalue weighted by molar-refractivity contribution is -0.0498. The van der Waals surface area contributed by atoms with Crippen LogP contribution in [0, 0.1) is 13.8 Å². The lowest BCUT2D eigenvalue weighted by atomic mass is 10.2. The average molecular weight is 401 g/mol. The molecule has 2 aromatic carbocycles. The van der Waals surface area contributed by atoms with Crippen LogP contribution in [0.4, 0.5) is 14.5 Å². The first-order valence-electron chi connectivity index (χ1n) is 8.35. The highest BCUT2D eigenvalue weighted by molar-refractivity contribution is 7.99. The molecule has 0 bridgehead atoms. The topological polar surface area (TPSA) is 64.1 Å². The molecule has 0 unspecified atom stereocenters. The second kappa shape index (κ2) is 8.79. The highest BCUT2D eigenvalue weighted by atomic mass is 32.2. The molecule has 1 N–H and O–H groups in total. The van der Waals surface area contributed by atoms with Crippen LogP contribution in [0.25, 0.3) is 0 Å². The molecule has 0 aliphatic heterocycles. The minimum atomic E-state index is -2.90. The molecule has 0 saturated heterocycles.